The number of benzene rings is 1. The van der Waals surface area contributed by atoms with Gasteiger partial charge in [0, 0.05) is 37.4 Å². The number of hydrogen-bond donors (Lipinski definition) is 1. The Balaban J connectivity index is 1.19. The highest BCUT2D eigenvalue weighted by atomic mass is 16.5. The topological polar surface area (TPSA) is 27.7 Å². The van der Waals surface area contributed by atoms with Crippen molar-refractivity contribution in [1.82, 2.24) is 10.2 Å². The van der Waals surface area contributed by atoms with E-state index >= 15 is 0 Å². The molecule has 2 saturated heterocycles. The molecular formula is C23H37N3O. The van der Waals surface area contributed by atoms with Gasteiger partial charge in [-0.15, -0.1) is 0 Å². The largest absolute Gasteiger partial charge is 0.494 e. The number of piperidine rings is 1. The summed E-state index contributed by atoms with van der Waals surface area (Å²) in [6, 6.07) is 10.3. The molecule has 4 heteroatoms. The minimum atomic E-state index is 0.655. The summed E-state index contributed by atoms with van der Waals surface area (Å²) in [5.41, 5.74) is 1.36. The normalized spacial score (nSPS) is 24.1. The number of anilines is 1. The van der Waals surface area contributed by atoms with Gasteiger partial charge in [-0.1, -0.05) is 12.8 Å². The summed E-state index contributed by atoms with van der Waals surface area (Å²) in [6.07, 6.45) is 12.1. The minimum absolute atomic E-state index is 0.655. The SMILES string of the molecule is c1cc(N2CCC[C@H]2CNC2CCC2)ccc1OCCCN1CCCCC1. The van der Waals surface area contributed by atoms with Gasteiger partial charge in [-0.3, -0.25) is 0 Å². The standard InChI is InChI=1S/C23H37N3O/c1-2-14-25(15-3-1)16-6-18-27-23-12-10-21(11-13-23)26-17-5-9-22(26)19-24-20-7-4-8-20/h10-13,20,22,24H,1-9,14-19H2/t22-/m0/s1. The van der Waals surface area contributed by atoms with Crippen LogP contribution in [-0.2, 0) is 0 Å². The smallest absolute Gasteiger partial charge is 0.119 e. The van der Waals surface area contributed by atoms with Crippen molar-refractivity contribution < 1.29 is 4.74 Å². The number of likely N-dealkylation sites (tertiary alicyclic amines) is 1. The quantitative estimate of drug-likeness (QED) is 0.663. The van der Waals surface area contributed by atoms with Crippen molar-refractivity contribution in [2.45, 2.75) is 69.9 Å². The summed E-state index contributed by atoms with van der Waals surface area (Å²) in [7, 11) is 0. The molecule has 0 aromatic heterocycles. The third-order valence-electron chi connectivity index (χ3n) is 6.63. The second-order valence-electron chi connectivity index (χ2n) is 8.62. The summed E-state index contributed by atoms with van der Waals surface area (Å²) < 4.78 is 5.99. The molecule has 2 heterocycles. The first kappa shape index (κ1) is 19.1. The molecule has 1 aliphatic carbocycles. The van der Waals surface area contributed by atoms with E-state index in [1.54, 1.807) is 0 Å². The van der Waals surface area contributed by atoms with Crippen LogP contribution in [0.5, 0.6) is 5.75 Å². The lowest BCUT2D eigenvalue weighted by Crippen LogP contribution is -2.44. The third-order valence-corrected chi connectivity index (χ3v) is 6.63. The maximum Gasteiger partial charge on any atom is 0.119 e. The van der Waals surface area contributed by atoms with Gasteiger partial charge >= 0.3 is 0 Å². The van der Waals surface area contributed by atoms with Gasteiger partial charge in [0.1, 0.15) is 5.75 Å². The fraction of sp³-hybridized carbons (Fsp3) is 0.739. The van der Waals surface area contributed by atoms with Gasteiger partial charge < -0.3 is 19.9 Å². The second kappa shape index (κ2) is 9.79. The van der Waals surface area contributed by atoms with E-state index in [-0.39, 0.29) is 0 Å². The summed E-state index contributed by atoms with van der Waals surface area (Å²) in [5.74, 6) is 1.01. The van der Waals surface area contributed by atoms with Crippen LogP contribution in [0.1, 0.15) is 57.8 Å². The molecule has 2 aliphatic heterocycles. The number of hydrogen-bond acceptors (Lipinski definition) is 4. The lowest BCUT2D eigenvalue weighted by Gasteiger charge is -2.32. The van der Waals surface area contributed by atoms with E-state index < -0.39 is 0 Å². The summed E-state index contributed by atoms with van der Waals surface area (Å²) in [6.45, 7) is 6.89. The molecule has 150 valence electrons. The molecular weight excluding hydrogens is 334 g/mol. The highest BCUT2D eigenvalue weighted by molar-refractivity contribution is 5.50. The highest BCUT2D eigenvalue weighted by Crippen LogP contribution is 2.28. The van der Waals surface area contributed by atoms with Crippen LogP contribution in [0.4, 0.5) is 5.69 Å². The van der Waals surface area contributed by atoms with E-state index in [2.05, 4.69) is 39.4 Å². The number of rotatable bonds is 9. The van der Waals surface area contributed by atoms with Gasteiger partial charge in [0.2, 0.25) is 0 Å². The lowest BCUT2D eigenvalue weighted by molar-refractivity contribution is 0.205. The first-order valence-corrected chi connectivity index (χ1v) is 11.3. The fourth-order valence-corrected chi connectivity index (χ4v) is 4.70. The summed E-state index contributed by atoms with van der Waals surface area (Å²) in [4.78, 5) is 5.17. The van der Waals surface area contributed by atoms with Gasteiger partial charge in [-0.05, 0) is 82.3 Å². The zero-order valence-corrected chi connectivity index (χ0v) is 16.9. The van der Waals surface area contributed by atoms with Crippen molar-refractivity contribution in [3.63, 3.8) is 0 Å². The number of ether oxygens (including phenoxy) is 1. The van der Waals surface area contributed by atoms with Gasteiger partial charge in [0.15, 0.2) is 0 Å². The first-order valence-electron chi connectivity index (χ1n) is 11.3. The van der Waals surface area contributed by atoms with Crippen LogP contribution < -0.4 is 15.0 Å². The average Bonchev–Trinajstić information content (AvgIpc) is 3.14. The van der Waals surface area contributed by atoms with Gasteiger partial charge in [0.25, 0.3) is 0 Å². The Kier molecular flexibility index (Phi) is 6.92. The molecule has 27 heavy (non-hydrogen) atoms. The van der Waals surface area contributed by atoms with Crippen molar-refractivity contribution in [2.24, 2.45) is 0 Å². The number of nitrogens with one attached hydrogen (secondary N) is 1. The second-order valence-corrected chi connectivity index (χ2v) is 8.62. The van der Waals surface area contributed by atoms with E-state index in [4.69, 9.17) is 4.74 Å². The van der Waals surface area contributed by atoms with Gasteiger partial charge in [-0.25, -0.2) is 0 Å². The zero-order valence-electron chi connectivity index (χ0n) is 16.9. The molecule has 1 aromatic rings. The van der Waals surface area contributed by atoms with Gasteiger partial charge in [0.05, 0.1) is 6.61 Å². The molecule has 3 aliphatic rings. The van der Waals surface area contributed by atoms with E-state index in [1.165, 1.54) is 83.2 Å². The Morgan fingerprint density at radius 2 is 1.70 bits per heavy atom. The summed E-state index contributed by atoms with van der Waals surface area (Å²) >= 11 is 0. The van der Waals surface area contributed by atoms with Crippen LogP contribution >= 0.6 is 0 Å². The maximum atomic E-state index is 5.99. The molecule has 0 amide bonds. The molecule has 0 unspecified atom stereocenters. The monoisotopic (exact) mass is 371 g/mol. The van der Waals surface area contributed by atoms with Crippen molar-refractivity contribution in [2.75, 3.05) is 44.2 Å². The van der Waals surface area contributed by atoms with Crippen molar-refractivity contribution >= 4 is 5.69 Å². The predicted molar refractivity (Wildman–Crippen MR) is 113 cm³/mol. The predicted octanol–water partition coefficient (Wildman–Crippen LogP) is 4.05. The first-order chi connectivity index (χ1) is 13.4. The molecule has 1 aromatic carbocycles. The summed E-state index contributed by atoms with van der Waals surface area (Å²) in [5, 5.41) is 3.76. The van der Waals surface area contributed by atoms with E-state index in [9.17, 15) is 0 Å². The molecule has 1 atom stereocenters. The highest BCUT2D eigenvalue weighted by Gasteiger charge is 2.26. The molecule has 1 saturated carbocycles. The molecule has 0 radical (unpaired) electrons. The molecule has 0 spiro atoms. The Labute approximate surface area is 165 Å². The Bertz CT molecular complexity index is 551. The van der Waals surface area contributed by atoms with Crippen LogP contribution in [-0.4, -0.2) is 56.3 Å². The van der Waals surface area contributed by atoms with Crippen LogP contribution in [0.2, 0.25) is 0 Å². The number of nitrogens with zero attached hydrogens (tertiary/aromatic N) is 2. The van der Waals surface area contributed by atoms with Crippen LogP contribution in [0.25, 0.3) is 0 Å². The van der Waals surface area contributed by atoms with Crippen molar-refractivity contribution in [3.8, 4) is 5.75 Å². The Hall–Kier alpha value is -1.26. The molecule has 1 N–H and O–H groups in total. The molecule has 3 fully saturated rings. The minimum Gasteiger partial charge on any atom is -0.494 e. The van der Waals surface area contributed by atoms with Gasteiger partial charge in [-0.2, -0.15) is 0 Å². The maximum absolute atomic E-state index is 5.99. The molecule has 0 bridgehead atoms. The third kappa shape index (κ3) is 5.39. The Morgan fingerprint density at radius 1 is 0.889 bits per heavy atom. The molecule has 4 nitrogen and oxygen atoms in total. The van der Waals surface area contributed by atoms with Crippen LogP contribution in [0, 0.1) is 0 Å². The lowest BCUT2D eigenvalue weighted by atomic mass is 9.93. The zero-order chi connectivity index (χ0) is 18.3. The van der Waals surface area contributed by atoms with Crippen LogP contribution in [0.15, 0.2) is 24.3 Å². The van der Waals surface area contributed by atoms with Crippen LogP contribution in [0.3, 0.4) is 0 Å². The fourth-order valence-electron chi connectivity index (χ4n) is 4.70. The Morgan fingerprint density at radius 3 is 2.44 bits per heavy atom. The van der Waals surface area contributed by atoms with Crippen molar-refractivity contribution in [3.05, 3.63) is 24.3 Å². The van der Waals surface area contributed by atoms with E-state index in [1.807, 2.05) is 0 Å². The van der Waals surface area contributed by atoms with E-state index in [0.29, 0.717) is 6.04 Å². The van der Waals surface area contributed by atoms with Crippen molar-refractivity contribution in [1.29, 1.82) is 0 Å². The van der Waals surface area contributed by atoms with E-state index in [0.717, 1.165) is 31.4 Å². The molecule has 4 rings (SSSR count). The average molecular weight is 372 g/mol.